The molecule has 0 amide bonds. The Morgan fingerprint density at radius 1 is 1.14 bits per heavy atom. The number of hydrogen-bond acceptors (Lipinski definition) is 0. The van der Waals surface area contributed by atoms with E-state index in [0.29, 0.717) is 5.41 Å². The standard InChI is InChI=1S/C13H27Br/c1-5-7-9-13(6-2,11-14)10-8-12(3)4/h12H,5-11H2,1-4H3. The fraction of sp³-hybridized carbons (Fsp3) is 1.00. The van der Waals surface area contributed by atoms with Gasteiger partial charge in [-0.3, -0.25) is 0 Å². The van der Waals surface area contributed by atoms with E-state index in [1.165, 1.54) is 43.9 Å². The second-order valence-electron chi connectivity index (χ2n) is 5.02. The van der Waals surface area contributed by atoms with E-state index in [2.05, 4.69) is 43.6 Å². The van der Waals surface area contributed by atoms with Gasteiger partial charge in [-0.1, -0.05) is 62.9 Å². The van der Waals surface area contributed by atoms with Gasteiger partial charge in [0, 0.05) is 5.33 Å². The molecule has 0 bridgehead atoms. The van der Waals surface area contributed by atoms with Gasteiger partial charge in [0.2, 0.25) is 0 Å². The van der Waals surface area contributed by atoms with Crippen molar-refractivity contribution in [3.8, 4) is 0 Å². The summed E-state index contributed by atoms with van der Waals surface area (Å²) in [5.41, 5.74) is 0.584. The van der Waals surface area contributed by atoms with Gasteiger partial charge in [-0.05, 0) is 30.6 Å². The molecule has 86 valence electrons. The molecule has 1 unspecified atom stereocenters. The van der Waals surface area contributed by atoms with Crippen LogP contribution >= 0.6 is 15.9 Å². The summed E-state index contributed by atoms with van der Waals surface area (Å²) >= 11 is 3.71. The molecule has 0 aliphatic rings. The van der Waals surface area contributed by atoms with E-state index >= 15 is 0 Å². The van der Waals surface area contributed by atoms with Crippen molar-refractivity contribution in [3.05, 3.63) is 0 Å². The lowest BCUT2D eigenvalue weighted by atomic mass is 9.77. The highest BCUT2D eigenvalue weighted by atomic mass is 79.9. The molecule has 0 saturated carbocycles. The first-order valence-corrected chi connectivity index (χ1v) is 7.28. The van der Waals surface area contributed by atoms with Crippen LogP contribution in [-0.2, 0) is 0 Å². The third-order valence-electron chi connectivity index (χ3n) is 3.35. The predicted molar refractivity (Wildman–Crippen MR) is 70.1 cm³/mol. The van der Waals surface area contributed by atoms with Crippen LogP contribution in [0.3, 0.4) is 0 Å². The molecule has 0 radical (unpaired) electrons. The van der Waals surface area contributed by atoms with Gasteiger partial charge in [-0.15, -0.1) is 0 Å². The molecule has 1 heteroatoms. The molecule has 0 fully saturated rings. The Kier molecular flexibility index (Phi) is 8.00. The number of rotatable bonds is 8. The van der Waals surface area contributed by atoms with Crippen molar-refractivity contribution in [1.82, 2.24) is 0 Å². The number of halogens is 1. The van der Waals surface area contributed by atoms with Gasteiger partial charge in [0.15, 0.2) is 0 Å². The summed E-state index contributed by atoms with van der Waals surface area (Å²) in [6.07, 6.45) is 8.21. The summed E-state index contributed by atoms with van der Waals surface area (Å²) in [6, 6.07) is 0. The minimum atomic E-state index is 0.584. The lowest BCUT2D eigenvalue weighted by molar-refractivity contribution is 0.243. The van der Waals surface area contributed by atoms with Crippen molar-refractivity contribution in [2.45, 2.75) is 66.2 Å². The molecule has 1 atom stereocenters. The summed E-state index contributed by atoms with van der Waals surface area (Å²) in [5, 5.41) is 1.18. The fourth-order valence-electron chi connectivity index (χ4n) is 1.85. The predicted octanol–water partition coefficient (Wildman–Crippen LogP) is 5.40. The van der Waals surface area contributed by atoms with E-state index in [9.17, 15) is 0 Å². The summed E-state index contributed by atoms with van der Waals surface area (Å²) in [5.74, 6) is 0.849. The Morgan fingerprint density at radius 3 is 2.14 bits per heavy atom. The number of unbranched alkanes of at least 4 members (excludes halogenated alkanes) is 1. The zero-order valence-corrected chi connectivity index (χ0v) is 12.0. The molecule has 0 nitrogen and oxygen atoms in total. The second kappa shape index (κ2) is 7.73. The van der Waals surface area contributed by atoms with Crippen LogP contribution in [0.4, 0.5) is 0 Å². The van der Waals surface area contributed by atoms with Crippen molar-refractivity contribution in [1.29, 1.82) is 0 Å². The molecule has 0 saturated heterocycles. The molecular weight excluding hydrogens is 236 g/mol. The van der Waals surface area contributed by atoms with E-state index in [4.69, 9.17) is 0 Å². The largest absolute Gasteiger partial charge is 0.0922 e. The van der Waals surface area contributed by atoms with Gasteiger partial charge in [-0.25, -0.2) is 0 Å². The Hall–Kier alpha value is 0.480. The van der Waals surface area contributed by atoms with Crippen LogP contribution in [0.25, 0.3) is 0 Å². The van der Waals surface area contributed by atoms with E-state index in [1.807, 2.05) is 0 Å². The third-order valence-corrected chi connectivity index (χ3v) is 4.54. The highest BCUT2D eigenvalue weighted by molar-refractivity contribution is 9.09. The highest BCUT2D eigenvalue weighted by Gasteiger charge is 2.25. The molecule has 14 heavy (non-hydrogen) atoms. The zero-order valence-electron chi connectivity index (χ0n) is 10.4. The van der Waals surface area contributed by atoms with Crippen LogP contribution in [0.1, 0.15) is 66.2 Å². The molecule has 0 aromatic rings. The smallest absolute Gasteiger partial charge is 0.00878 e. The summed E-state index contributed by atoms with van der Waals surface area (Å²) in [6.45, 7) is 9.29. The van der Waals surface area contributed by atoms with Crippen LogP contribution < -0.4 is 0 Å². The molecule has 0 N–H and O–H groups in total. The van der Waals surface area contributed by atoms with Crippen molar-refractivity contribution in [2.24, 2.45) is 11.3 Å². The van der Waals surface area contributed by atoms with E-state index in [1.54, 1.807) is 0 Å². The topological polar surface area (TPSA) is 0 Å². The molecule has 0 aliphatic carbocycles. The van der Waals surface area contributed by atoms with E-state index < -0.39 is 0 Å². The van der Waals surface area contributed by atoms with E-state index in [-0.39, 0.29) is 0 Å². The maximum atomic E-state index is 3.71. The average Bonchev–Trinajstić information content (AvgIpc) is 2.19. The Bertz CT molecular complexity index is 125. The summed E-state index contributed by atoms with van der Waals surface area (Å²) in [7, 11) is 0. The molecular formula is C13H27Br. The maximum Gasteiger partial charge on any atom is 0.00878 e. The van der Waals surface area contributed by atoms with Gasteiger partial charge < -0.3 is 0 Å². The van der Waals surface area contributed by atoms with Crippen LogP contribution in [0.5, 0.6) is 0 Å². The Balaban J connectivity index is 4.07. The van der Waals surface area contributed by atoms with Crippen molar-refractivity contribution in [2.75, 3.05) is 5.33 Å². The van der Waals surface area contributed by atoms with Gasteiger partial charge in [0.25, 0.3) is 0 Å². The zero-order chi connectivity index (χ0) is 11.0. The molecule has 0 aliphatic heterocycles. The first-order chi connectivity index (χ1) is 6.60. The quantitative estimate of drug-likeness (QED) is 0.514. The van der Waals surface area contributed by atoms with Crippen LogP contribution in [-0.4, -0.2) is 5.33 Å². The minimum absolute atomic E-state index is 0.584. The van der Waals surface area contributed by atoms with Gasteiger partial charge in [0.05, 0.1) is 0 Å². The van der Waals surface area contributed by atoms with Crippen LogP contribution in [0, 0.1) is 11.3 Å². The Morgan fingerprint density at radius 2 is 1.79 bits per heavy atom. The van der Waals surface area contributed by atoms with Crippen LogP contribution in [0.2, 0.25) is 0 Å². The molecule has 0 rings (SSSR count). The lowest BCUT2D eigenvalue weighted by Gasteiger charge is -2.31. The highest BCUT2D eigenvalue weighted by Crippen LogP contribution is 2.36. The molecule has 0 heterocycles. The van der Waals surface area contributed by atoms with E-state index in [0.717, 1.165) is 5.92 Å². The lowest BCUT2D eigenvalue weighted by Crippen LogP contribution is -2.22. The summed E-state index contributed by atoms with van der Waals surface area (Å²) < 4.78 is 0. The maximum absolute atomic E-state index is 3.71. The molecule has 0 spiro atoms. The third kappa shape index (κ3) is 5.38. The first-order valence-electron chi connectivity index (χ1n) is 6.16. The minimum Gasteiger partial charge on any atom is -0.0922 e. The molecule has 0 aromatic carbocycles. The second-order valence-corrected chi connectivity index (χ2v) is 5.58. The van der Waals surface area contributed by atoms with Crippen molar-refractivity contribution in [3.63, 3.8) is 0 Å². The van der Waals surface area contributed by atoms with Gasteiger partial charge in [-0.2, -0.15) is 0 Å². The fourth-order valence-corrected chi connectivity index (χ4v) is 2.81. The monoisotopic (exact) mass is 262 g/mol. The van der Waals surface area contributed by atoms with Gasteiger partial charge >= 0.3 is 0 Å². The van der Waals surface area contributed by atoms with Crippen molar-refractivity contribution < 1.29 is 0 Å². The SMILES string of the molecule is CCCCC(CC)(CBr)CCC(C)C. The molecule has 0 aromatic heterocycles. The normalized spacial score (nSPS) is 15.9. The van der Waals surface area contributed by atoms with Crippen molar-refractivity contribution >= 4 is 15.9 Å². The average molecular weight is 263 g/mol. The number of hydrogen-bond donors (Lipinski definition) is 0. The number of alkyl halides is 1. The summed E-state index contributed by atoms with van der Waals surface area (Å²) in [4.78, 5) is 0. The van der Waals surface area contributed by atoms with Crippen LogP contribution in [0.15, 0.2) is 0 Å². The van der Waals surface area contributed by atoms with Gasteiger partial charge in [0.1, 0.15) is 0 Å². The Labute approximate surface area is 99.0 Å². The first kappa shape index (κ1) is 14.5.